The Hall–Kier alpha value is -5.61. The molecular formula is C30H28N8O8. The number of anilines is 2. The summed E-state index contributed by atoms with van der Waals surface area (Å²) in [7, 11) is 0. The van der Waals surface area contributed by atoms with Gasteiger partial charge in [0.2, 0.25) is 5.95 Å². The van der Waals surface area contributed by atoms with Crippen LogP contribution in [-0.4, -0.2) is 78.9 Å². The summed E-state index contributed by atoms with van der Waals surface area (Å²) in [5.41, 5.74) is 8.77. The first-order chi connectivity index (χ1) is 22.1. The Kier molecular flexibility index (Phi) is 6.82. The fourth-order valence-electron chi connectivity index (χ4n) is 6.07. The van der Waals surface area contributed by atoms with E-state index in [0.717, 1.165) is 0 Å². The van der Waals surface area contributed by atoms with E-state index in [9.17, 15) is 24.3 Å². The average molecular weight is 629 g/mol. The first kappa shape index (κ1) is 29.1. The van der Waals surface area contributed by atoms with Gasteiger partial charge in [-0.25, -0.2) is 30.0 Å². The first-order valence-corrected chi connectivity index (χ1v) is 14.5. The van der Waals surface area contributed by atoms with Crippen LogP contribution in [0.5, 0.6) is 5.75 Å². The molecule has 1 fully saturated rings. The highest BCUT2D eigenvalue weighted by molar-refractivity contribution is 5.97. The summed E-state index contributed by atoms with van der Waals surface area (Å²) in [5.74, 6) is -0.856. The summed E-state index contributed by atoms with van der Waals surface area (Å²) in [4.78, 5) is 66.9. The quantitative estimate of drug-likeness (QED) is 0.124. The van der Waals surface area contributed by atoms with E-state index in [1.54, 1.807) is 36.1 Å². The third-order valence-electron chi connectivity index (χ3n) is 8.73. The van der Waals surface area contributed by atoms with Crippen LogP contribution in [0.15, 0.2) is 41.5 Å². The number of ether oxygens (including phenoxy) is 2. The van der Waals surface area contributed by atoms with Gasteiger partial charge in [-0.05, 0) is 30.7 Å². The van der Waals surface area contributed by atoms with Crippen molar-refractivity contribution < 1.29 is 34.2 Å². The molecular weight excluding hydrogens is 600 g/mol. The van der Waals surface area contributed by atoms with E-state index in [1.165, 1.54) is 22.4 Å². The number of hydroxylamine groups is 1. The molecule has 0 spiro atoms. The minimum absolute atomic E-state index is 0.0364. The predicted molar refractivity (Wildman–Crippen MR) is 160 cm³/mol. The summed E-state index contributed by atoms with van der Waals surface area (Å²) in [6.45, 7) is 3.09. The van der Waals surface area contributed by atoms with Gasteiger partial charge in [0.1, 0.15) is 12.4 Å². The van der Waals surface area contributed by atoms with Crippen molar-refractivity contribution in [3.05, 3.63) is 69.3 Å². The van der Waals surface area contributed by atoms with E-state index >= 15 is 0 Å². The molecule has 16 nitrogen and oxygen atoms in total. The van der Waals surface area contributed by atoms with E-state index in [-0.39, 0.29) is 47.6 Å². The second-order valence-corrected chi connectivity index (χ2v) is 11.2. The van der Waals surface area contributed by atoms with Crippen LogP contribution in [0.25, 0.3) is 22.3 Å². The van der Waals surface area contributed by atoms with Gasteiger partial charge in [-0.3, -0.25) is 14.8 Å². The summed E-state index contributed by atoms with van der Waals surface area (Å²) in [5, 5.41) is 20.4. The number of fused-ring (bicyclic) bond motifs is 5. The number of pyridine rings is 2. The molecule has 46 heavy (non-hydrogen) atoms. The third-order valence-corrected chi connectivity index (χ3v) is 8.73. The van der Waals surface area contributed by atoms with Crippen molar-refractivity contribution in [3.63, 3.8) is 0 Å². The third kappa shape index (κ3) is 4.49. The van der Waals surface area contributed by atoms with Crippen LogP contribution in [0.2, 0.25) is 0 Å². The van der Waals surface area contributed by atoms with Gasteiger partial charge < -0.3 is 34.7 Å². The lowest BCUT2D eigenvalue weighted by atomic mass is 9.86. The fourth-order valence-corrected chi connectivity index (χ4v) is 6.07. The smallest absolute Gasteiger partial charge is 0.415 e. The maximum absolute atomic E-state index is 13.5. The number of piperazine rings is 1. The van der Waals surface area contributed by atoms with Gasteiger partial charge in [0.05, 0.1) is 34.6 Å². The lowest BCUT2D eigenvalue weighted by Gasteiger charge is -2.33. The molecule has 1 atom stereocenters. The zero-order chi connectivity index (χ0) is 32.3. The number of nitrogens with one attached hydrogen (secondary N) is 1. The normalized spacial score (nSPS) is 18.5. The number of nitrogens with two attached hydrogens (primary N) is 1. The molecule has 1 saturated heterocycles. The number of hydrogen-bond donors (Lipinski definition) is 4. The standard InChI is InChI=1S/C30H28N8O8/c1-2-30(43)20-10-22-24-18(13-38(22)26(40)19(20)14-45-27(30)41)23(31)17-9-16(3-4-21(17)34-24)46-29(42)37-7-5-36(6-8-37)28-32-11-15(12-33-28)25(39)35-44/h3-4,9-12,43-44H,2,5-8,13-14H2,1H3,(H2,31,34)(H,35,39)/t30-/m0/s1. The Bertz CT molecular complexity index is 2010. The number of carbonyl (C=O) groups excluding carboxylic acids is 3. The maximum atomic E-state index is 13.5. The van der Waals surface area contributed by atoms with Crippen LogP contribution < -0.4 is 26.4 Å². The first-order valence-electron chi connectivity index (χ1n) is 14.5. The predicted octanol–water partition coefficient (Wildman–Crippen LogP) is 0.892. The number of benzene rings is 1. The average Bonchev–Trinajstić information content (AvgIpc) is 3.46. The van der Waals surface area contributed by atoms with Gasteiger partial charge in [-0.2, -0.15) is 0 Å². The zero-order valence-electron chi connectivity index (χ0n) is 24.5. The number of nitrogens with zero attached hydrogens (tertiary/aromatic N) is 6. The largest absolute Gasteiger partial charge is 0.458 e. The number of hydrogen-bond acceptors (Lipinski definition) is 13. The Morgan fingerprint density at radius 2 is 1.85 bits per heavy atom. The number of esters is 1. The van der Waals surface area contributed by atoms with Crippen molar-refractivity contribution in [2.24, 2.45) is 0 Å². The van der Waals surface area contributed by atoms with E-state index in [1.807, 2.05) is 4.90 Å². The second kappa shape index (κ2) is 10.8. The molecule has 7 rings (SSSR count). The molecule has 0 saturated carbocycles. The minimum Gasteiger partial charge on any atom is -0.458 e. The Morgan fingerprint density at radius 1 is 1.11 bits per heavy atom. The number of aliphatic hydroxyl groups is 1. The number of rotatable bonds is 4. The van der Waals surface area contributed by atoms with Crippen LogP contribution in [0.4, 0.5) is 16.4 Å². The Morgan fingerprint density at radius 3 is 2.54 bits per heavy atom. The van der Waals surface area contributed by atoms with E-state index < -0.39 is 23.6 Å². The minimum atomic E-state index is -1.93. The molecule has 0 bridgehead atoms. The number of carbonyl (C=O) groups is 3. The molecule has 2 amide bonds. The molecule has 0 unspecified atom stereocenters. The number of amides is 2. The monoisotopic (exact) mass is 628 g/mol. The van der Waals surface area contributed by atoms with Crippen molar-refractivity contribution in [1.29, 1.82) is 0 Å². The molecule has 3 aliphatic rings. The molecule has 1 aromatic carbocycles. The van der Waals surface area contributed by atoms with Crippen molar-refractivity contribution in [3.8, 4) is 17.1 Å². The highest BCUT2D eigenvalue weighted by atomic mass is 16.6. The lowest BCUT2D eigenvalue weighted by Crippen LogP contribution is -2.50. The molecule has 3 aliphatic heterocycles. The maximum Gasteiger partial charge on any atom is 0.415 e. The van der Waals surface area contributed by atoms with Gasteiger partial charge in [-0.15, -0.1) is 0 Å². The van der Waals surface area contributed by atoms with Gasteiger partial charge in [0.15, 0.2) is 5.60 Å². The highest BCUT2D eigenvalue weighted by Gasteiger charge is 2.45. The van der Waals surface area contributed by atoms with Crippen LogP contribution in [0.3, 0.4) is 0 Å². The van der Waals surface area contributed by atoms with Crippen LogP contribution in [-0.2, 0) is 28.3 Å². The molecule has 3 aromatic heterocycles. The van der Waals surface area contributed by atoms with Crippen LogP contribution in [0.1, 0.15) is 40.4 Å². The van der Waals surface area contributed by atoms with Crippen molar-refractivity contribution in [1.82, 2.24) is 29.9 Å². The fraction of sp³-hybridized carbons (Fsp3) is 0.300. The van der Waals surface area contributed by atoms with Gasteiger partial charge in [0, 0.05) is 60.8 Å². The van der Waals surface area contributed by atoms with E-state index in [0.29, 0.717) is 65.7 Å². The molecule has 4 aromatic rings. The van der Waals surface area contributed by atoms with E-state index in [2.05, 4.69) is 9.97 Å². The molecule has 0 aliphatic carbocycles. The number of nitrogen functional groups attached to an aromatic ring is 1. The zero-order valence-corrected chi connectivity index (χ0v) is 24.5. The summed E-state index contributed by atoms with van der Waals surface area (Å²) in [6.07, 6.45) is 2.09. The van der Waals surface area contributed by atoms with Crippen molar-refractivity contribution in [2.75, 3.05) is 36.8 Å². The van der Waals surface area contributed by atoms with Gasteiger partial charge in [0.25, 0.3) is 11.5 Å². The summed E-state index contributed by atoms with van der Waals surface area (Å²) in [6, 6.07) is 6.53. The molecule has 0 radical (unpaired) electrons. The lowest BCUT2D eigenvalue weighted by molar-refractivity contribution is -0.172. The topological polar surface area (TPSA) is 215 Å². The van der Waals surface area contributed by atoms with E-state index in [4.69, 9.17) is 25.4 Å². The van der Waals surface area contributed by atoms with Crippen molar-refractivity contribution in [2.45, 2.75) is 32.1 Å². The molecule has 236 valence electrons. The molecule has 6 heterocycles. The summed E-state index contributed by atoms with van der Waals surface area (Å²) >= 11 is 0. The Labute approximate surface area is 260 Å². The van der Waals surface area contributed by atoms with Gasteiger partial charge in [-0.1, -0.05) is 6.92 Å². The number of cyclic esters (lactones) is 1. The van der Waals surface area contributed by atoms with Crippen LogP contribution >= 0.6 is 0 Å². The van der Waals surface area contributed by atoms with Gasteiger partial charge >= 0.3 is 12.1 Å². The summed E-state index contributed by atoms with van der Waals surface area (Å²) < 4.78 is 12.3. The van der Waals surface area contributed by atoms with Crippen molar-refractivity contribution >= 4 is 40.5 Å². The SMILES string of the molecule is CC[C@@]1(O)C(=O)OCc2c1cc1n(c2=O)Cc2c-1nc1ccc(OC(=O)N3CCN(c4ncc(C(=O)NO)cn4)CC3)cc1c2N. The Balaban J connectivity index is 1.10. The second-order valence-electron chi connectivity index (χ2n) is 11.2. The number of aromatic nitrogens is 4. The molecule has 5 N–H and O–H groups in total. The molecule has 16 heteroatoms. The van der Waals surface area contributed by atoms with Crippen LogP contribution in [0, 0.1) is 0 Å². The highest BCUT2D eigenvalue weighted by Crippen LogP contribution is 2.41.